The van der Waals surface area contributed by atoms with E-state index in [1.54, 1.807) is 0 Å². The summed E-state index contributed by atoms with van der Waals surface area (Å²) in [6.07, 6.45) is 0. The Labute approximate surface area is 377 Å². The molecule has 0 N–H and O–H groups in total. The lowest BCUT2D eigenvalue weighted by atomic mass is 9.90. The van der Waals surface area contributed by atoms with Crippen LogP contribution in [0.25, 0.3) is 97.4 Å². The molecule has 1 aromatic heterocycles. The van der Waals surface area contributed by atoms with Gasteiger partial charge in [-0.2, -0.15) is 0 Å². The molecule has 0 aliphatic rings. The van der Waals surface area contributed by atoms with E-state index in [-0.39, 0.29) is 0 Å². The van der Waals surface area contributed by atoms with Crippen molar-refractivity contribution >= 4 is 70.1 Å². The molecular weight excluding hydrogens is 791 g/mol. The predicted octanol–water partition coefficient (Wildman–Crippen LogP) is 18.2. The Morgan fingerprint density at radius 2 is 0.688 bits per heavy atom. The van der Waals surface area contributed by atoms with Crippen molar-refractivity contribution in [3.05, 3.63) is 249 Å². The third kappa shape index (κ3) is 6.64. The normalized spacial score (nSPS) is 11.4. The Morgan fingerprint density at radius 1 is 0.250 bits per heavy atom. The molecule has 0 aliphatic carbocycles. The fourth-order valence-electron chi connectivity index (χ4n) is 9.65. The van der Waals surface area contributed by atoms with E-state index in [0.29, 0.717) is 0 Å². The molecule has 0 aliphatic heterocycles. The second-order valence-electron chi connectivity index (χ2n) is 16.4. The van der Waals surface area contributed by atoms with Crippen LogP contribution in [0.2, 0.25) is 0 Å². The highest BCUT2D eigenvalue weighted by molar-refractivity contribution is 7.25. The van der Waals surface area contributed by atoms with Gasteiger partial charge in [-0.25, -0.2) is 0 Å². The van der Waals surface area contributed by atoms with Crippen LogP contribution >= 0.6 is 11.3 Å². The van der Waals surface area contributed by atoms with E-state index in [2.05, 4.69) is 254 Å². The molecule has 0 atom stereocenters. The van der Waals surface area contributed by atoms with Gasteiger partial charge in [0.05, 0.1) is 11.4 Å². The van der Waals surface area contributed by atoms with E-state index in [1.165, 1.54) is 91.8 Å². The molecule has 0 spiro atoms. The first kappa shape index (κ1) is 37.7. The maximum atomic E-state index is 2.47. The smallest absolute Gasteiger partial charge is 0.0540 e. The van der Waals surface area contributed by atoms with Crippen molar-refractivity contribution in [3.63, 3.8) is 0 Å². The summed E-state index contributed by atoms with van der Waals surface area (Å²) in [7, 11) is 0. The van der Waals surface area contributed by atoms with Gasteiger partial charge in [-0.3, -0.25) is 0 Å². The van der Waals surface area contributed by atoms with Gasteiger partial charge in [-0.05, 0) is 109 Å². The molecule has 1 heterocycles. The molecule has 0 fully saturated rings. The molecule has 0 radical (unpaired) electrons. The lowest BCUT2D eigenvalue weighted by Gasteiger charge is -2.30. The molecule has 0 saturated carbocycles. The third-order valence-corrected chi connectivity index (χ3v) is 13.9. The Kier molecular flexibility index (Phi) is 9.43. The van der Waals surface area contributed by atoms with Crippen LogP contribution in [-0.4, -0.2) is 0 Å². The average Bonchev–Trinajstić information content (AvgIpc) is 3.75. The molecule has 11 aromatic carbocycles. The van der Waals surface area contributed by atoms with Crippen LogP contribution in [0.1, 0.15) is 0 Å². The zero-order chi connectivity index (χ0) is 42.4. The first-order chi connectivity index (χ1) is 31.7. The molecule has 12 rings (SSSR count). The fourth-order valence-corrected chi connectivity index (χ4v) is 10.7. The van der Waals surface area contributed by atoms with E-state index in [9.17, 15) is 0 Å². The molecule has 0 bridgehead atoms. The summed E-state index contributed by atoms with van der Waals surface area (Å²) >= 11 is 1.86. The van der Waals surface area contributed by atoms with Crippen molar-refractivity contribution in [3.8, 4) is 55.6 Å². The van der Waals surface area contributed by atoms with E-state index in [0.717, 1.165) is 22.6 Å². The SMILES string of the molecule is c1ccc(-c2cccc3ccccc23)c(-c2ccccc2N(c2ccc(-c3ccc(-c4cccc5ccccc45)cc3)cc2)c2ccccc2-c2ccc3sc4ccccc4c3c2)c1. The third-order valence-electron chi connectivity index (χ3n) is 12.7. The van der Waals surface area contributed by atoms with Crippen LogP contribution < -0.4 is 4.90 Å². The van der Waals surface area contributed by atoms with Crippen molar-refractivity contribution in [1.82, 2.24) is 0 Å². The van der Waals surface area contributed by atoms with Crippen LogP contribution in [0.15, 0.2) is 249 Å². The Balaban J connectivity index is 1.01. The number of nitrogens with zero attached hydrogens (tertiary/aromatic N) is 1. The number of rotatable bonds is 8. The summed E-state index contributed by atoms with van der Waals surface area (Å²) in [6.45, 7) is 0. The molecule has 0 amide bonds. The van der Waals surface area contributed by atoms with Gasteiger partial charge in [0.15, 0.2) is 0 Å². The Morgan fingerprint density at radius 3 is 1.39 bits per heavy atom. The second kappa shape index (κ2) is 16.0. The highest BCUT2D eigenvalue weighted by atomic mass is 32.1. The van der Waals surface area contributed by atoms with Gasteiger partial charge >= 0.3 is 0 Å². The van der Waals surface area contributed by atoms with Gasteiger partial charge in [0.1, 0.15) is 0 Å². The summed E-state index contributed by atoms with van der Waals surface area (Å²) in [5.41, 5.74) is 15.3. The minimum Gasteiger partial charge on any atom is -0.309 e. The first-order valence-electron chi connectivity index (χ1n) is 21.9. The van der Waals surface area contributed by atoms with Gasteiger partial charge in [0.25, 0.3) is 0 Å². The fraction of sp³-hybridized carbons (Fsp3) is 0. The molecular formula is C62H41NS. The number of anilines is 3. The van der Waals surface area contributed by atoms with Crippen molar-refractivity contribution in [2.75, 3.05) is 4.90 Å². The quantitative estimate of drug-likeness (QED) is 0.147. The van der Waals surface area contributed by atoms with Gasteiger partial charge in [0.2, 0.25) is 0 Å². The van der Waals surface area contributed by atoms with Crippen LogP contribution in [-0.2, 0) is 0 Å². The maximum absolute atomic E-state index is 2.47. The zero-order valence-electron chi connectivity index (χ0n) is 35.0. The summed E-state index contributed by atoms with van der Waals surface area (Å²) in [6, 6.07) is 91.0. The number of hydrogen-bond acceptors (Lipinski definition) is 2. The van der Waals surface area contributed by atoms with Crippen molar-refractivity contribution in [2.24, 2.45) is 0 Å². The average molecular weight is 832 g/mol. The largest absolute Gasteiger partial charge is 0.309 e. The highest BCUT2D eigenvalue weighted by Crippen LogP contribution is 2.48. The summed E-state index contributed by atoms with van der Waals surface area (Å²) < 4.78 is 2.61. The van der Waals surface area contributed by atoms with Crippen LogP contribution in [0.3, 0.4) is 0 Å². The number of para-hydroxylation sites is 2. The second-order valence-corrected chi connectivity index (χ2v) is 17.5. The number of benzene rings is 11. The van der Waals surface area contributed by atoms with Crippen molar-refractivity contribution < 1.29 is 0 Å². The number of fused-ring (bicyclic) bond motifs is 5. The minimum absolute atomic E-state index is 1.08. The van der Waals surface area contributed by atoms with Gasteiger partial charge in [-0.1, -0.05) is 206 Å². The first-order valence-corrected chi connectivity index (χ1v) is 22.7. The molecule has 0 saturated heterocycles. The zero-order valence-corrected chi connectivity index (χ0v) is 35.8. The van der Waals surface area contributed by atoms with Crippen molar-refractivity contribution in [2.45, 2.75) is 0 Å². The van der Waals surface area contributed by atoms with Gasteiger partial charge in [0, 0.05) is 37.0 Å². The van der Waals surface area contributed by atoms with E-state index < -0.39 is 0 Å². The van der Waals surface area contributed by atoms with Crippen LogP contribution in [0, 0.1) is 0 Å². The number of hydrogen-bond donors (Lipinski definition) is 0. The lowest BCUT2D eigenvalue weighted by molar-refractivity contribution is 1.28. The minimum atomic E-state index is 1.08. The Bertz CT molecular complexity index is 3660. The predicted molar refractivity (Wildman–Crippen MR) is 276 cm³/mol. The monoisotopic (exact) mass is 831 g/mol. The molecule has 1 nitrogen and oxygen atoms in total. The molecule has 0 unspecified atom stereocenters. The molecule has 64 heavy (non-hydrogen) atoms. The molecule has 12 aromatic rings. The van der Waals surface area contributed by atoms with Crippen LogP contribution in [0.4, 0.5) is 17.1 Å². The van der Waals surface area contributed by atoms with Crippen LogP contribution in [0.5, 0.6) is 0 Å². The van der Waals surface area contributed by atoms with Gasteiger partial charge < -0.3 is 4.90 Å². The van der Waals surface area contributed by atoms with Gasteiger partial charge in [-0.15, -0.1) is 11.3 Å². The van der Waals surface area contributed by atoms with E-state index >= 15 is 0 Å². The summed E-state index contributed by atoms with van der Waals surface area (Å²) in [5.74, 6) is 0. The van der Waals surface area contributed by atoms with E-state index in [4.69, 9.17) is 0 Å². The Hall–Kier alpha value is -8.04. The number of thiophene rings is 1. The summed E-state index contributed by atoms with van der Waals surface area (Å²) in [5, 5.41) is 7.59. The molecule has 2 heteroatoms. The maximum Gasteiger partial charge on any atom is 0.0540 e. The topological polar surface area (TPSA) is 3.24 Å². The standard InChI is InChI=1S/C62H41NS/c1-3-19-49-44(15-1)17-13-26-50(49)46-33-31-42(32-34-46)43-35-38-48(39-36-43)63(59-28-10-7-21-52(59)47-37-40-62-58(41-47)57-25-9-12-30-61(57)64-62)60-29-11-8-24-56(60)55-23-6-5-22-54(55)53-27-14-18-45-16-2-4-20-51(45)53/h1-41H. The lowest BCUT2D eigenvalue weighted by Crippen LogP contribution is -2.12. The summed E-state index contributed by atoms with van der Waals surface area (Å²) in [4.78, 5) is 2.47. The van der Waals surface area contributed by atoms with Crippen molar-refractivity contribution in [1.29, 1.82) is 0 Å². The highest BCUT2D eigenvalue weighted by Gasteiger charge is 2.22. The van der Waals surface area contributed by atoms with E-state index in [1.807, 2.05) is 11.3 Å². The molecule has 300 valence electrons.